The molecular formula is C78H53N3Si2. The van der Waals surface area contributed by atoms with Crippen molar-refractivity contribution in [1.29, 1.82) is 0 Å². The third-order valence-electron chi connectivity index (χ3n) is 18.3. The molecule has 0 saturated carbocycles. The van der Waals surface area contributed by atoms with Gasteiger partial charge in [0, 0.05) is 49.4 Å². The van der Waals surface area contributed by atoms with Gasteiger partial charge in [-0.15, -0.1) is 0 Å². The number of aromatic nitrogens is 3. The Morgan fingerprint density at radius 1 is 0.181 bits per heavy atom. The highest BCUT2D eigenvalue weighted by molar-refractivity contribution is 7.33. The molecule has 1 aliphatic heterocycles. The largest absolute Gasteiger partial charge is 0.309 e. The van der Waals surface area contributed by atoms with Crippen LogP contribution in [0.2, 0.25) is 0 Å². The maximum Gasteiger partial charge on any atom is 0.179 e. The third kappa shape index (κ3) is 6.84. The van der Waals surface area contributed by atoms with Crippen molar-refractivity contribution in [2.75, 3.05) is 0 Å². The van der Waals surface area contributed by atoms with Crippen molar-refractivity contribution in [2.45, 2.75) is 0 Å². The lowest BCUT2D eigenvalue weighted by atomic mass is 10.1. The van der Waals surface area contributed by atoms with Crippen LogP contribution in [0.4, 0.5) is 0 Å². The molecule has 16 aromatic rings. The molecule has 4 heterocycles. The zero-order valence-electron chi connectivity index (χ0n) is 45.4. The number of nitrogens with zero attached hydrogens (tertiary/aromatic N) is 3. The van der Waals surface area contributed by atoms with E-state index in [0.717, 1.165) is 28.1 Å². The van der Waals surface area contributed by atoms with E-state index in [9.17, 15) is 0 Å². The van der Waals surface area contributed by atoms with E-state index >= 15 is 0 Å². The molecule has 0 amide bonds. The molecule has 3 nitrogen and oxygen atoms in total. The summed E-state index contributed by atoms with van der Waals surface area (Å²) in [5, 5.41) is 18.8. The molecule has 388 valence electrons. The molecule has 0 N–H and O–H groups in total. The van der Waals surface area contributed by atoms with Crippen LogP contribution in [-0.2, 0) is 0 Å². The summed E-state index contributed by atoms with van der Waals surface area (Å²) in [6.45, 7) is 0. The van der Waals surface area contributed by atoms with Crippen LogP contribution in [-0.4, -0.2) is 29.8 Å². The summed E-state index contributed by atoms with van der Waals surface area (Å²) in [7, 11) is -6.00. The van der Waals surface area contributed by atoms with Crippen molar-refractivity contribution in [3.8, 4) is 28.2 Å². The van der Waals surface area contributed by atoms with E-state index in [-0.39, 0.29) is 0 Å². The Bertz CT molecular complexity index is 5050. The highest BCUT2D eigenvalue weighted by atomic mass is 28.3. The van der Waals surface area contributed by atoms with Crippen LogP contribution < -0.4 is 41.5 Å². The topological polar surface area (TPSA) is 14.8 Å². The molecule has 0 unspecified atom stereocenters. The van der Waals surface area contributed by atoms with Gasteiger partial charge in [0.2, 0.25) is 0 Å². The second-order valence-corrected chi connectivity index (χ2v) is 29.8. The first-order valence-electron chi connectivity index (χ1n) is 28.8. The van der Waals surface area contributed by atoms with Crippen molar-refractivity contribution in [2.24, 2.45) is 0 Å². The van der Waals surface area contributed by atoms with Gasteiger partial charge in [0.15, 0.2) is 16.1 Å². The maximum absolute atomic E-state index is 3.12. The van der Waals surface area contributed by atoms with Crippen LogP contribution in [0.15, 0.2) is 322 Å². The predicted molar refractivity (Wildman–Crippen MR) is 356 cm³/mol. The van der Waals surface area contributed by atoms with Crippen LogP contribution in [0.25, 0.3) is 93.6 Å². The normalized spacial score (nSPS) is 13.5. The molecule has 13 aromatic carbocycles. The fourth-order valence-electron chi connectivity index (χ4n) is 14.9. The monoisotopic (exact) mass is 1090 g/mol. The second kappa shape index (κ2) is 18.6. The van der Waals surface area contributed by atoms with Crippen LogP contribution in [0.1, 0.15) is 0 Å². The molecule has 0 saturated heterocycles. The number of rotatable bonds is 8. The van der Waals surface area contributed by atoms with Crippen LogP contribution in [0, 0.1) is 0 Å². The smallest absolute Gasteiger partial charge is 0.179 e. The molecule has 0 atom stereocenters. The van der Waals surface area contributed by atoms with Crippen LogP contribution in [0.3, 0.4) is 0 Å². The van der Waals surface area contributed by atoms with Crippen molar-refractivity contribution >= 4 is 123 Å². The van der Waals surface area contributed by atoms with Crippen LogP contribution in [0.5, 0.6) is 0 Å². The Balaban J connectivity index is 0.934. The van der Waals surface area contributed by atoms with Gasteiger partial charge in [0.05, 0.1) is 33.1 Å². The molecule has 17 rings (SSSR count). The summed E-state index contributed by atoms with van der Waals surface area (Å²) in [6, 6.07) is 122. The predicted octanol–water partition coefficient (Wildman–Crippen LogP) is 13.7. The number of para-hydroxylation sites is 3. The number of hydrogen-bond acceptors (Lipinski definition) is 0. The molecule has 3 aromatic heterocycles. The van der Waals surface area contributed by atoms with Gasteiger partial charge in [-0.2, -0.15) is 0 Å². The molecule has 0 bridgehead atoms. The minimum atomic E-state index is -3.12. The van der Waals surface area contributed by atoms with Gasteiger partial charge in [-0.05, 0) is 125 Å². The van der Waals surface area contributed by atoms with E-state index in [1.165, 1.54) is 107 Å². The SMILES string of the molecule is c1ccc(-c2ccc(-n3c4ccc(-n5c6ccccc6c6ccccc65)cc4c4cc(-n5c6ccccc6c6ccc([Si]7(c8ccccc8)c8ccccc8[Si](c8ccccc8)(c8ccccc8)c8ccccc87)cc65)ccc43)cc2)cc1. The number of hydrogen-bond donors (Lipinski definition) is 0. The summed E-state index contributed by atoms with van der Waals surface area (Å²) in [5.41, 5.74) is 12.9. The highest BCUT2D eigenvalue weighted by Gasteiger charge is 2.56. The molecule has 0 radical (unpaired) electrons. The van der Waals surface area contributed by atoms with Gasteiger partial charge in [-0.25, -0.2) is 0 Å². The van der Waals surface area contributed by atoms with Crippen molar-refractivity contribution < 1.29 is 0 Å². The van der Waals surface area contributed by atoms with Gasteiger partial charge < -0.3 is 13.7 Å². The lowest BCUT2D eigenvalue weighted by Crippen LogP contribution is -2.93. The average Bonchev–Trinajstić information content (AvgIpc) is 2.09. The number of benzene rings is 13. The first-order chi connectivity index (χ1) is 41.2. The Morgan fingerprint density at radius 2 is 0.494 bits per heavy atom. The fourth-order valence-corrected chi connectivity index (χ4v) is 27.0. The Hall–Kier alpha value is -10.3. The molecule has 0 spiro atoms. The summed E-state index contributed by atoms with van der Waals surface area (Å²) in [5.74, 6) is 0. The lowest BCUT2D eigenvalue weighted by molar-refractivity contribution is 1.16. The number of fused-ring (bicyclic) bond motifs is 11. The van der Waals surface area contributed by atoms with Crippen molar-refractivity contribution in [3.63, 3.8) is 0 Å². The quantitative estimate of drug-likeness (QED) is 0.135. The maximum atomic E-state index is 2.60. The molecule has 5 heteroatoms. The minimum absolute atomic E-state index is 1.12. The zero-order chi connectivity index (χ0) is 54.6. The van der Waals surface area contributed by atoms with E-state index in [4.69, 9.17) is 0 Å². The lowest BCUT2D eigenvalue weighted by Gasteiger charge is -2.48. The van der Waals surface area contributed by atoms with Gasteiger partial charge in [0.25, 0.3) is 0 Å². The van der Waals surface area contributed by atoms with E-state index < -0.39 is 16.1 Å². The van der Waals surface area contributed by atoms with Crippen LogP contribution >= 0.6 is 0 Å². The Kier molecular flexibility index (Phi) is 10.7. The van der Waals surface area contributed by atoms with E-state index in [1.807, 2.05) is 0 Å². The summed E-state index contributed by atoms with van der Waals surface area (Å²) >= 11 is 0. The van der Waals surface area contributed by atoms with Gasteiger partial charge in [-0.3, -0.25) is 0 Å². The third-order valence-corrected chi connectivity index (χ3v) is 28.5. The first kappa shape index (κ1) is 47.5. The van der Waals surface area contributed by atoms with Gasteiger partial charge in [0.1, 0.15) is 0 Å². The average molecular weight is 1090 g/mol. The molecule has 1 aliphatic rings. The van der Waals surface area contributed by atoms with E-state index in [1.54, 1.807) is 0 Å². The zero-order valence-corrected chi connectivity index (χ0v) is 47.4. The van der Waals surface area contributed by atoms with Crippen molar-refractivity contribution in [3.05, 3.63) is 322 Å². The van der Waals surface area contributed by atoms with E-state index in [0.29, 0.717) is 0 Å². The van der Waals surface area contributed by atoms with Crippen molar-refractivity contribution in [1.82, 2.24) is 13.7 Å². The molecular weight excluding hydrogens is 1040 g/mol. The Labute approximate surface area is 483 Å². The molecule has 0 aliphatic carbocycles. The highest BCUT2D eigenvalue weighted by Crippen LogP contribution is 2.40. The first-order valence-corrected chi connectivity index (χ1v) is 32.8. The fraction of sp³-hybridized carbons (Fsp3) is 0. The summed E-state index contributed by atoms with van der Waals surface area (Å²) < 4.78 is 7.47. The van der Waals surface area contributed by atoms with Gasteiger partial charge >= 0.3 is 0 Å². The standard InChI is InChI=1S/C78H53N3Si2/c1-5-23-54(24-6-1)55-41-43-56(44-42-55)79-72-49-45-57(80-69-34-16-13-31-63(69)64-32-14-17-35-70(64)80)51-67(72)68-52-58(46-50-73(68)79)81-71-36-18-15-33-65(71)66-48-47-62(53-74(66)81)83(61-29-11-4-12-30-61)77-39-21-19-37-75(77)82(59-25-7-2-8-26-59,60-27-9-3-10-28-60)76-38-20-22-40-78(76)83/h1-53H. The minimum Gasteiger partial charge on any atom is -0.309 e. The summed E-state index contributed by atoms with van der Waals surface area (Å²) in [4.78, 5) is 0. The van der Waals surface area contributed by atoms with E-state index in [2.05, 4.69) is 335 Å². The van der Waals surface area contributed by atoms with Gasteiger partial charge in [-0.1, -0.05) is 249 Å². The second-order valence-electron chi connectivity index (χ2n) is 22.3. The Morgan fingerprint density at radius 3 is 0.940 bits per heavy atom. The molecule has 83 heavy (non-hydrogen) atoms. The molecule has 0 fully saturated rings. The summed E-state index contributed by atoms with van der Waals surface area (Å²) in [6.07, 6.45) is 0.